The molecule has 0 aromatic heterocycles. The number of thiocarbonyl (C=S) groups is 1. The molecule has 106 valence electrons. The van der Waals surface area contributed by atoms with Gasteiger partial charge in [0, 0.05) is 11.6 Å². The van der Waals surface area contributed by atoms with Gasteiger partial charge < -0.3 is 18.9 Å². The molecule has 2 rings (SSSR count). The summed E-state index contributed by atoms with van der Waals surface area (Å²) in [5.74, 6) is 1.26. The summed E-state index contributed by atoms with van der Waals surface area (Å²) in [6.07, 6.45) is 1.52. The van der Waals surface area contributed by atoms with Crippen LogP contribution in [0.3, 0.4) is 0 Å². The van der Waals surface area contributed by atoms with Crippen molar-refractivity contribution >= 4 is 29.4 Å². The van der Waals surface area contributed by atoms with Crippen LogP contribution in [-0.4, -0.2) is 32.4 Å². The van der Waals surface area contributed by atoms with Crippen LogP contribution in [0.1, 0.15) is 5.56 Å². The van der Waals surface area contributed by atoms with Crippen LogP contribution in [0.4, 0.5) is 0 Å². The minimum absolute atomic E-state index is 0.0284. The molecule has 1 aromatic rings. The normalized spacial score (nSPS) is 15.8. The molecule has 1 aliphatic heterocycles. The van der Waals surface area contributed by atoms with Gasteiger partial charge in [-0.2, -0.15) is 0 Å². The fraction of sp³-hybridized carbons (Fsp3) is 0.231. The van der Waals surface area contributed by atoms with Gasteiger partial charge in [-0.3, -0.25) is 10.1 Å². The summed E-state index contributed by atoms with van der Waals surface area (Å²) < 4.78 is 20.8. The van der Waals surface area contributed by atoms with Gasteiger partial charge in [-0.1, -0.05) is 0 Å². The molecule has 1 heterocycles. The Morgan fingerprint density at radius 2 is 1.70 bits per heavy atom. The zero-order valence-corrected chi connectivity index (χ0v) is 12.0. The van der Waals surface area contributed by atoms with E-state index in [1.54, 1.807) is 12.1 Å². The molecule has 6 nitrogen and oxygen atoms in total. The highest BCUT2D eigenvalue weighted by molar-refractivity contribution is 7.80. The van der Waals surface area contributed by atoms with Crippen molar-refractivity contribution in [3.8, 4) is 17.2 Å². The number of benzene rings is 1. The average Bonchev–Trinajstić information content (AvgIpc) is 2.76. The van der Waals surface area contributed by atoms with Crippen LogP contribution in [-0.2, 0) is 9.53 Å². The molecule has 1 amide bonds. The van der Waals surface area contributed by atoms with Gasteiger partial charge in [-0.15, -0.1) is 0 Å². The Balaban J connectivity index is 2.48. The Morgan fingerprint density at radius 3 is 2.20 bits per heavy atom. The summed E-state index contributed by atoms with van der Waals surface area (Å²) >= 11 is 4.77. The molecule has 1 saturated heterocycles. The monoisotopic (exact) mass is 295 g/mol. The zero-order chi connectivity index (χ0) is 14.7. The molecule has 0 radical (unpaired) electrons. The number of carbonyl (C=O) groups excluding carboxylic acids is 1. The first-order chi connectivity index (χ1) is 9.58. The van der Waals surface area contributed by atoms with Crippen LogP contribution in [0, 0.1) is 0 Å². The number of ether oxygens (including phenoxy) is 4. The van der Waals surface area contributed by atoms with Gasteiger partial charge in [-0.05, 0) is 24.4 Å². The lowest BCUT2D eigenvalue weighted by Gasteiger charge is -2.12. The minimum Gasteiger partial charge on any atom is -0.496 e. The first-order valence-corrected chi connectivity index (χ1v) is 6.04. The van der Waals surface area contributed by atoms with Gasteiger partial charge in [0.05, 0.1) is 21.3 Å². The Morgan fingerprint density at radius 1 is 1.10 bits per heavy atom. The van der Waals surface area contributed by atoms with Crippen molar-refractivity contribution in [1.82, 2.24) is 5.32 Å². The Labute approximate surface area is 121 Å². The lowest BCUT2D eigenvalue weighted by molar-refractivity contribution is -0.116. The molecule has 0 bridgehead atoms. The van der Waals surface area contributed by atoms with Gasteiger partial charge in [0.2, 0.25) is 0 Å². The first-order valence-electron chi connectivity index (χ1n) is 5.64. The van der Waals surface area contributed by atoms with E-state index in [0.29, 0.717) is 22.8 Å². The van der Waals surface area contributed by atoms with Gasteiger partial charge in [0.15, 0.2) is 17.3 Å². The SMILES string of the molecule is COc1cc(OC)c(OC)cc1C=C1OC(=S)NC1=O. The molecule has 1 fully saturated rings. The van der Waals surface area contributed by atoms with Crippen LogP contribution in [0.2, 0.25) is 0 Å². The van der Waals surface area contributed by atoms with Crippen molar-refractivity contribution in [3.05, 3.63) is 23.5 Å². The van der Waals surface area contributed by atoms with Crippen LogP contribution < -0.4 is 19.5 Å². The van der Waals surface area contributed by atoms with Crippen LogP contribution in [0.15, 0.2) is 17.9 Å². The van der Waals surface area contributed by atoms with Gasteiger partial charge >= 0.3 is 0 Å². The van der Waals surface area contributed by atoms with Crippen molar-refractivity contribution in [2.24, 2.45) is 0 Å². The molecule has 7 heteroatoms. The number of rotatable bonds is 4. The minimum atomic E-state index is -0.396. The van der Waals surface area contributed by atoms with E-state index in [-0.39, 0.29) is 10.9 Å². The van der Waals surface area contributed by atoms with E-state index in [1.165, 1.54) is 27.4 Å². The number of hydrogen-bond acceptors (Lipinski definition) is 6. The summed E-state index contributed by atoms with van der Waals surface area (Å²) in [5.41, 5.74) is 0.611. The molecule has 0 saturated carbocycles. The third-order valence-corrected chi connectivity index (χ3v) is 2.85. The molecular weight excluding hydrogens is 282 g/mol. The van der Waals surface area contributed by atoms with Crippen LogP contribution in [0.25, 0.3) is 6.08 Å². The molecule has 0 spiro atoms. The van der Waals surface area contributed by atoms with Crippen molar-refractivity contribution in [2.75, 3.05) is 21.3 Å². The highest BCUT2D eigenvalue weighted by Gasteiger charge is 2.24. The number of carbonyl (C=O) groups is 1. The zero-order valence-electron chi connectivity index (χ0n) is 11.2. The van der Waals surface area contributed by atoms with Gasteiger partial charge in [0.25, 0.3) is 11.1 Å². The van der Waals surface area contributed by atoms with E-state index in [4.69, 9.17) is 31.2 Å². The fourth-order valence-corrected chi connectivity index (χ4v) is 1.91. The second kappa shape index (κ2) is 5.79. The number of amides is 1. The topological polar surface area (TPSA) is 66.0 Å². The molecule has 20 heavy (non-hydrogen) atoms. The van der Waals surface area contributed by atoms with Crippen molar-refractivity contribution in [3.63, 3.8) is 0 Å². The Hall–Kier alpha value is -2.28. The third kappa shape index (κ3) is 2.67. The predicted molar refractivity (Wildman–Crippen MR) is 75.9 cm³/mol. The quantitative estimate of drug-likeness (QED) is 0.670. The van der Waals surface area contributed by atoms with Crippen LogP contribution >= 0.6 is 12.2 Å². The maximum absolute atomic E-state index is 11.6. The highest BCUT2D eigenvalue weighted by atomic mass is 32.1. The van der Waals surface area contributed by atoms with Gasteiger partial charge in [0.1, 0.15) is 5.75 Å². The van der Waals surface area contributed by atoms with Crippen molar-refractivity contribution in [1.29, 1.82) is 0 Å². The second-order valence-corrected chi connectivity index (χ2v) is 4.17. The summed E-state index contributed by atoms with van der Waals surface area (Å²) in [7, 11) is 4.57. The summed E-state index contributed by atoms with van der Waals surface area (Å²) in [6, 6.07) is 3.35. The predicted octanol–water partition coefficient (Wildman–Crippen LogP) is 1.48. The molecule has 0 unspecified atom stereocenters. The lowest BCUT2D eigenvalue weighted by atomic mass is 10.1. The average molecular weight is 295 g/mol. The molecule has 1 aliphatic rings. The third-order valence-electron chi connectivity index (χ3n) is 2.66. The first kappa shape index (κ1) is 14.1. The number of hydrogen-bond donors (Lipinski definition) is 1. The second-order valence-electron chi connectivity index (χ2n) is 3.80. The largest absolute Gasteiger partial charge is 0.496 e. The number of methoxy groups -OCH3 is 3. The maximum atomic E-state index is 11.6. The molecule has 0 atom stereocenters. The molecule has 1 N–H and O–H groups in total. The fourth-order valence-electron chi connectivity index (χ4n) is 1.73. The summed E-state index contributed by atoms with van der Waals surface area (Å²) in [6.45, 7) is 0. The van der Waals surface area contributed by atoms with Gasteiger partial charge in [-0.25, -0.2) is 0 Å². The maximum Gasteiger partial charge on any atom is 0.294 e. The number of nitrogens with one attached hydrogen (secondary N) is 1. The molecule has 1 aromatic carbocycles. The van der Waals surface area contributed by atoms with E-state index < -0.39 is 5.91 Å². The molecule has 0 aliphatic carbocycles. The smallest absolute Gasteiger partial charge is 0.294 e. The van der Waals surface area contributed by atoms with Crippen LogP contribution in [0.5, 0.6) is 17.2 Å². The van der Waals surface area contributed by atoms with Crippen molar-refractivity contribution < 1.29 is 23.7 Å². The van der Waals surface area contributed by atoms with E-state index in [1.807, 2.05) is 0 Å². The van der Waals surface area contributed by atoms with E-state index in [9.17, 15) is 4.79 Å². The lowest BCUT2D eigenvalue weighted by Crippen LogP contribution is -2.18. The summed E-state index contributed by atoms with van der Waals surface area (Å²) in [5, 5.41) is 2.41. The Kier molecular flexibility index (Phi) is 4.09. The summed E-state index contributed by atoms with van der Waals surface area (Å²) in [4.78, 5) is 11.6. The highest BCUT2D eigenvalue weighted by Crippen LogP contribution is 2.35. The standard InChI is InChI=1S/C13H13NO5S/c1-16-8-6-10(18-3)9(17-2)4-7(8)5-11-12(15)14-13(20)19-11/h4-6H,1-3H3,(H,14,15,20). The molecular formula is C13H13NO5S. The van der Waals surface area contributed by atoms with E-state index in [0.717, 1.165) is 0 Å². The Bertz CT molecular complexity index is 597. The van der Waals surface area contributed by atoms with E-state index in [2.05, 4.69) is 5.32 Å². The van der Waals surface area contributed by atoms with E-state index >= 15 is 0 Å². The van der Waals surface area contributed by atoms with Crippen molar-refractivity contribution in [2.45, 2.75) is 0 Å².